The Balaban J connectivity index is 1.91. The van der Waals surface area contributed by atoms with Gasteiger partial charge in [0, 0.05) is 31.5 Å². The zero-order chi connectivity index (χ0) is 13.7. The van der Waals surface area contributed by atoms with Gasteiger partial charge < -0.3 is 15.6 Å². The molecule has 0 aliphatic carbocycles. The molecule has 2 rings (SSSR count). The summed E-state index contributed by atoms with van der Waals surface area (Å²) >= 11 is 0. The van der Waals surface area contributed by atoms with Crippen LogP contribution in [0.2, 0.25) is 0 Å². The molecule has 0 saturated heterocycles. The van der Waals surface area contributed by atoms with E-state index in [1.54, 1.807) is 13.2 Å². The third kappa shape index (κ3) is 3.42. The summed E-state index contributed by atoms with van der Waals surface area (Å²) in [7, 11) is 1.63. The van der Waals surface area contributed by atoms with Gasteiger partial charge in [0.15, 0.2) is 0 Å². The third-order valence-corrected chi connectivity index (χ3v) is 2.99. The van der Waals surface area contributed by atoms with Gasteiger partial charge in [0.25, 0.3) is 5.91 Å². The fraction of sp³-hybridized carbons (Fsp3) is 0.286. The summed E-state index contributed by atoms with van der Waals surface area (Å²) in [6.45, 7) is 2.79. The first-order valence-electron chi connectivity index (χ1n) is 6.24. The zero-order valence-electron chi connectivity index (χ0n) is 11.1. The number of hydrogen-bond donors (Lipinski definition) is 3. The second kappa shape index (κ2) is 6.15. The Morgan fingerprint density at radius 2 is 2.11 bits per heavy atom. The number of amides is 1. The van der Waals surface area contributed by atoms with E-state index in [4.69, 9.17) is 0 Å². The number of nitrogens with zero attached hydrogens (tertiary/aromatic N) is 1. The lowest BCUT2D eigenvalue weighted by atomic mass is 10.1. The lowest BCUT2D eigenvalue weighted by Gasteiger charge is -2.11. The van der Waals surface area contributed by atoms with Crippen molar-refractivity contribution in [1.29, 1.82) is 0 Å². The Labute approximate surface area is 112 Å². The number of nitrogens with one attached hydrogen (secondary N) is 3. The highest BCUT2D eigenvalue weighted by Gasteiger charge is 2.07. The highest BCUT2D eigenvalue weighted by molar-refractivity contribution is 5.93. The molecule has 1 heterocycles. The molecule has 19 heavy (non-hydrogen) atoms. The molecule has 5 nitrogen and oxygen atoms in total. The molecule has 0 saturated carbocycles. The molecule has 0 aliphatic heterocycles. The van der Waals surface area contributed by atoms with Crippen LogP contribution < -0.4 is 10.6 Å². The molecular weight excluding hydrogens is 240 g/mol. The van der Waals surface area contributed by atoms with Crippen LogP contribution in [-0.2, 0) is 6.54 Å². The van der Waals surface area contributed by atoms with Crippen LogP contribution in [-0.4, -0.2) is 22.9 Å². The molecule has 1 aromatic carbocycles. The van der Waals surface area contributed by atoms with Crippen LogP contribution in [0.3, 0.4) is 0 Å². The van der Waals surface area contributed by atoms with E-state index < -0.39 is 0 Å². The number of carbonyl (C=O) groups excluding carboxylic acids is 1. The summed E-state index contributed by atoms with van der Waals surface area (Å²) in [6, 6.07) is 7.72. The van der Waals surface area contributed by atoms with E-state index in [0.29, 0.717) is 5.56 Å². The maximum absolute atomic E-state index is 11.4. The minimum atomic E-state index is -0.0662. The van der Waals surface area contributed by atoms with Crippen LogP contribution in [0.1, 0.15) is 34.7 Å². The number of aromatic amines is 1. The maximum atomic E-state index is 11.4. The minimum Gasteiger partial charge on any atom is -0.355 e. The number of hydrogen-bond acceptors (Lipinski definition) is 3. The van der Waals surface area contributed by atoms with Crippen LogP contribution in [0.4, 0.5) is 0 Å². The van der Waals surface area contributed by atoms with Crippen molar-refractivity contribution in [3.8, 4) is 0 Å². The van der Waals surface area contributed by atoms with Gasteiger partial charge in [-0.05, 0) is 24.6 Å². The Kier molecular flexibility index (Phi) is 4.30. The summed E-state index contributed by atoms with van der Waals surface area (Å²) in [4.78, 5) is 18.7. The van der Waals surface area contributed by atoms with Gasteiger partial charge in [0.05, 0.1) is 6.04 Å². The van der Waals surface area contributed by atoms with E-state index >= 15 is 0 Å². The van der Waals surface area contributed by atoms with Crippen molar-refractivity contribution >= 4 is 5.91 Å². The summed E-state index contributed by atoms with van der Waals surface area (Å²) in [5, 5.41) is 5.97. The first kappa shape index (κ1) is 13.3. The van der Waals surface area contributed by atoms with Gasteiger partial charge in [0.2, 0.25) is 0 Å². The van der Waals surface area contributed by atoms with Gasteiger partial charge in [-0.3, -0.25) is 4.79 Å². The molecular formula is C14H18N4O. The summed E-state index contributed by atoms with van der Waals surface area (Å²) < 4.78 is 0. The number of benzene rings is 1. The van der Waals surface area contributed by atoms with E-state index in [2.05, 4.69) is 27.5 Å². The van der Waals surface area contributed by atoms with Crippen LogP contribution in [0.25, 0.3) is 0 Å². The Morgan fingerprint density at radius 1 is 1.37 bits per heavy atom. The smallest absolute Gasteiger partial charge is 0.251 e. The molecule has 0 spiro atoms. The molecule has 0 radical (unpaired) electrons. The number of H-pyrrole nitrogens is 1. The molecule has 3 N–H and O–H groups in total. The molecule has 0 fully saturated rings. The molecule has 100 valence electrons. The molecule has 1 unspecified atom stereocenters. The van der Waals surface area contributed by atoms with Crippen LogP contribution in [0.5, 0.6) is 0 Å². The van der Waals surface area contributed by atoms with Crippen molar-refractivity contribution in [2.75, 3.05) is 7.05 Å². The van der Waals surface area contributed by atoms with E-state index in [-0.39, 0.29) is 11.9 Å². The van der Waals surface area contributed by atoms with Gasteiger partial charge >= 0.3 is 0 Å². The number of rotatable bonds is 5. The molecule has 0 aliphatic rings. The highest BCUT2D eigenvalue weighted by Crippen LogP contribution is 2.09. The highest BCUT2D eigenvalue weighted by atomic mass is 16.1. The lowest BCUT2D eigenvalue weighted by molar-refractivity contribution is 0.0963. The largest absolute Gasteiger partial charge is 0.355 e. The van der Waals surface area contributed by atoms with Crippen LogP contribution >= 0.6 is 0 Å². The fourth-order valence-electron chi connectivity index (χ4n) is 1.80. The van der Waals surface area contributed by atoms with Crippen molar-refractivity contribution in [3.63, 3.8) is 0 Å². The number of aromatic nitrogens is 2. The topological polar surface area (TPSA) is 69.8 Å². The van der Waals surface area contributed by atoms with Gasteiger partial charge in [0.1, 0.15) is 5.82 Å². The molecule has 1 aromatic heterocycles. The summed E-state index contributed by atoms with van der Waals surface area (Å²) in [6.07, 6.45) is 3.55. The summed E-state index contributed by atoms with van der Waals surface area (Å²) in [5.74, 6) is 0.852. The molecule has 5 heteroatoms. The molecule has 1 atom stereocenters. The molecule has 2 aromatic rings. The van der Waals surface area contributed by atoms with Gasteiger partial charge in [-0.15, -0.1) is 0 Å². The van der Waals surface area contributed by atoms with Gasteiger partial charge in [-0.25, -0.2) is 4.98 Å². The van der Waals surface area contributed by atoms with Crippen molar-refractivity contribution < 1.29 is 4.79 Å². The minimum absolute atomic E-state index is 0.0662. The van der Waals surface area contributed by atoms with E-state index in [1.807, 2.05) is 30.5 Å². The second-order valence-corrected chi connectivity index (χ2v) is 4.35. The third-order valence-electron chi connectivity index (χ3n) is 2.99. The van der Waals surface area contributed by atoms with Crippen molar-refractivity contribution in [1.82, 2.24) is 20.6 Å². The van der Waals surface area contributed by atoms with Crippen LogP contribution in [0, 0.1) is 0 Å². The Hall–Kier alpha value is -2.14. The van der Waals surface area contributed by atoms with Gasteiger partial charge in [-0.1, -0.05) is 12.1 Å². The fourth-order valence-corrected chi connectivity index (χ4v) is 1.80. The quantitative estimate of drug-likeness (QED) is 0.763. The number of imidazole rings is 1. The lowest BCUT2D eigenvalue weighted by Crippen LogP contribution is -2.20. The normalized spacial score (nSPS) is 12.1. The monoisotopic (exact) mass is 258 g/mol. The number of carbonyl (C=O) groups is 1. The second-order valence-electron chi connectivity index (χ2n) is 4.35. The van der Waals surface area contributed by atoms with Crippen molar-refractivity contribution in [3.05, 3.63) is 53.6 Å². The Morgan fingerprint density at radius 3 is 2.68 bits per heavy atom. The first-order chi connectivity index (χ1) is 9.20. The molecule has 1 amide bonds. The van der Waals surface area contributed by atoms with Crippen molar-refractivity contribution in [2.24, 2.45) is 0 Å². The predicted octanol–water partition coefficient (Wildman–Crippen LogP) is 1.62. The van der Waals surface area contributed by atoms with Crippen molar-refractivity contribution in [2.45, 2.75) is 19.5 Å². The van der Waals surface area contributed by atoms with E-state index in [9.17, 15) is 4.79 Å². The summed E-state index contributed by atoms with van der Waals surface area (Å²) in [5.41, 5.74) is 1.80. The Bertz CT molecular complexity index is 519. The average molecular weight is 258 g/mol. The standard InChI is InChI=1S/C14H18N4O/c1-10(13-16-7-8-17-13)18-9-11-3-5-12(6-4-11)14(19)15-2/h3-8,10,18H,9H2,1-2H3,(H,15,19)(H,16,17). The predicted molar refractivity (Wildman–Crippen MR) is 73.7 cm³/mol. The SMILES string of the molecule is CNC(=O)c1ccc(CNC(C)c2ncc[nH]2)cc1. The maximum Gasteiger partial charge on any atom is 0.251 e. The first-order valence-corrected chi connectivity index (χ1v) is 6.24. The molecule has 0 bridgehead atoms. The van der Waals surface area contributed by atoms with E-state index in [1.165, 1.54) is 0 Å². The average Bonchev–Trinajstić information content (AvgIpc) is 2.98. The van der Waals surface area contributed by atoms with Gasteiger partial charge in [-0.2, -0.15) is 0 Å². The van der Waals surface area contributed by atoms with E-state index in [0.717, 1.165) is 17.9 Å². The van der Waals surface area contributed by atoms with Crippen LogP contribution in [0.15, 0.2) is 36.7 Å². The zero-order valence-corrected chi connectivity index (χ0v) is 11.1.